The van der Waals surface area contributed by atoms with Gasteiger partial charge in [-0.1, -0.05) is 0 Å². The van der Waals surface area contributed by atoms with Gasteiger partial charge in [0, 0.05) is 0 Å². The highest BCUT2D eigenvalue weighted by Crippen LogP contribution is 2.01. The second kappa shape index (κ2) is 7.86. The number of carbonyl (C=O) groups excluding carboxylic acids is 1. The Morgan fingerprint density at radius 3 is 2.15 bits per heavy atom. The maximum Gasteiger partial charge on any atom is 0.318 e. The highest BCUT2D eigenvalue weighted by atomic mass is 35.5. The van der Waals surface area contributed by atoms with Gasteiger partial charge in [-0.15, -0.1) is 12.4 Å². The number of hydrogen-bond acceptors (Lipinski definition) is 4. The molecule has 0 saturated carbocycles. The van der Waals surface area contributed by atoms with Crippen LogP contribution in [0.2, 0.25) is 0 Å². The first-order valence-corrected chi connectivity index (χ1v) is 4.01. The molecule has 0 aliphatic heterocycles. The van der Waals surface area contributed by atoms with Gasteiger partial charge < -0.3 is 9.47 Å². The van der Waals surface area contributed by atoms with Gasteiger partial charge in [0.2, 0.25) is 0 Å². The topological polar surface area (TPSA) is 59.4 Å². The van der Waals surface area contributed by atoms with E-state index in [9.17, 15) is 4.79 Å². The Morgan fingerprint density at radius 1 is 1.31 bits per heavy atom. The molecule has 0 aromatic carbocycles. The second-order valence-electron chi connectivity index (χ2n) is 2.27. The summed E-state index contributed by atoms with van der Waals surface area (Å²) in [7, 11) is 0. The van der Waals surface area contributed by atoms with Crippen LogP contribution in [0.1, 0.15) is 20.8 Å². The SMILES string of the molecule is CCOC(=N)C(C)C(=O)OCC.Cl. The molecule has 0 aliphatic carbocycles. The van der Waals surface area contributed by atoms with E-state index in [2.05, 4.69) is 0 Å². The molecule has 0 radical (unpaired) electrons. The molecule has 4 nitrogen and oxygen atoms in total. The predicted octanol–water partition coefficient (Wildman–Crippen LogP) is 1.62. The molecule has 0 bridgehead atoms. The Morgan fingerprint density at radius 2 is 1.77 bits per heavy atom. The highest BCUT2D eigenvalue weighted by Gasteiger charge is 2.19. The lowest BCUT2D eigenvalue weighted by Crippen LogP contribution is -2.24. The van der Waals surface area contributed by atoms with Gasteiger partial charge in [-0.25, -0.2) is 0 Å². The van der Waals surface area contributed by atoms with Gasteiger partial charge in [-0.2, -0.15) is 0 Å². The number of carbonyl (C=O) groups is 1. The Labute approximate surface area is 84.5 Å². The molecule has 0 aromatic rings. The van der Waals surface area contributed by atoms with Crippen molar-refractivity contribution in [2.24, 2.45) is 5.92 Å². The molecule has 0 aromatic heterocycles. The van der Waals surface area contributed by atoms with Crippen molar-refractivity contribution in [1.82, 2.24) is 0 Å². The molecule has 78 valence electrons. The number of ether oxygens (including phenoxy) is 2. The van der Waals surface area contributed by atoms with E-state index in [4.69, 9.17) is 14.9 Å². The quantitative estimate of drug-likeness (QED) is 0.435. The van der Waals surface area contributed by atoms with E-state index in [1.807, 2.05) is 0 Å². The maximum absolute atomic E-state index is 11.0. The fourth-order valence-electron chi connectivity index (χ4n) is 0.655. The number of nitrogens with one attached hydrogen (secondary N) is 1. The van der Waals surface area contributed by atoms with E-state index in [1.165, 1.54) is 0 Å². The zero-order valence-electron chi connectivity index (χ0n) is 8.12. The van der Waals surface area contributed by atoms with Crippen LogP contribution in [0.3, 0.4) is 0 Å². The predicted molar refractivity (Wildman–Crippen MR) is 52.4 cm³/mol. The van der Waals surface area contributed by atoms with Gasteiger partial charge in [0.15, 0.2) is 5.90 Å². The van der Waals surface area contributed by atoms with Crippen molar-refractivity contribution < 1.29 is 14.3 Å². The van der Waals surface area contributed by atoms with Gasteiger partial charge >= 0.3 is 5.97 Å². The molecule has 0 saturated heterocycles. The number of esters is 1. The standard InChI is InChI=1S/C8H15NO3.ClH/c1-4-11-7(9)6(3)8(10)12-5-2;/h6,9H,4-5H2,1-3H3;1H. The van der Waals surface area contributed by atoms with Crippen LogP contribution in [-0.2, 0) is 14.3 Å². The summed E-state index contributed by atoms with van der Waals surface area (Å²) < 4.78 is 9.56. The largest absolute Gasteiger partial charge is 0.481 e. The molecule has 1 atom stereocenters. The van der Waals surface area contributed by atoms with Crippen molar-refractivity contribution >= 4 is 24.3 Å². The smallest absolute Gasteiger partial charge is 0.318 e. The first kappa shape index (κ1) is 14.7. The van der Waals surface area contributed by atoms with Crippen molar-refractivity contribution in [3.05, 3.63) is 0 Å². The van der Waals surface area contributed by atoms with E-state index >= 15 is 0 Å². The van der Waals surface area contributed by atoms with E-state index in [-0.39, 0.29) is 18.3 Å². The van der Waals surface area contributed by atoms with Crippen LogP contribution >= 0.6 is 12.4 Å². The summed E-state index contributed by atoms with van der Waals surface area (Å²) in [6.07, 6.45) is 0. The van der Waals surface area contributed by atoms with Crippen molar-refractivity contribution in [2.75, 3.05) is 13.2 Å². The van der Waals surface area contributed by atoms with Crippen molar-refractivity contribution in [3.63, 3.8) is 0 Å². The normalized spacial score (nSPS) is 11.0. The molecule has 1 unspecified atom stereocenters. The minimum atomic E-state index is -0.593. The maximum atomic E-state index is 11.0. The molecular weight excluding hydrogens is 194 g/mol. The van der Waals surface area contributed by atoms with E-state index in [1.54, 1.807) is 20.8 Å². The first-order valence-electron chi connectivity index (χ1n) is 4.01. The fraction of sp³-hybridized carbons (Fsp3) is 0.750. The van der Waals surface area contributed by atoms with Gasteiger partial charge in [0.1, 0.15) is 5.92 Å². The number of rotatable bonds is 4. The third-order valence-corrected chi connectivity index (χ3v) is 1.33. The van der Waals surface area contributed by atoms with Crippen LogP contribution in [0.25, 0.3) is 0 Å². The highest BCUT2D eigenvalue weighted by molar-refractivity contribution is 5.95. The summed E-state index contributed by atoms with van der Waals surface area (Å²) in [5.41, 5.74) is 0. The van der Waals surface area contributed by atoms with Crippen LogP contribution in [0.15, 0.2) is 0 Å². The van der Waals surface area contributed by atoms with Crippen molar-refractivity contribution in [2.45, 2.75) is 20.8 Å². The van der Waals surface area contributed by atoms with E-state index in [0.717, 1.165) is 0 Å². The summed E-state index contributed by atoms with van der Waals surface area (Å²) in [4.78, 5) is 11.0. The summed E-state index contributed by atoms with van der Waals surface area (Å²) in [5, 5.41) is 7.28. The molecule has 0 fully saturated rings. The molecule has 0 spiro atoms. The zero-order chi connectivity index (χ0) is 9.56. The molecular formula is C8H16ClNO3. The van der Waals surface area contributed by atoms with Crippen LogP contribution in [-0.4, -0.2) is 25.1 Å². The van der Waals surface area contributed by atoms with Crippen LogP contribution in [0.4, 0.5) is 0 Å². The Balaban J connectivity index is 0. The average molecular weight is 210 g/mol. The molecule has 13 heavy (non-hydrogen) atoms. The number of halogens is 1. The third-order valence-electron chi connectivity index (χ3n) is 1.33. The molecule has 0 amide bonds. The monoisotopic (exact) mass is 209 g/mol. The Bertz CT molecular complexity index is 155. The van der Waals surface area contributed by atoms with Crippen LogP contribution in [0, 0.1) is 11.3 Å². The Kier molecular flexibility index (Phi) is 8.91. The third kappa shape index (κ3) is 5.47. The lowest BCUT2D eigenvalue weighted by Gasteiger charge is -2.11. The summed E-state index contributed by atoms with van der Waals surface area (Å²) in [5.74, 6) is -1.03. The zero-order valence-corrected chi connectivity index (χ0v) is 8.94. The van der Waals surface area contributed by atoms with Crippen LogP contribution in [0.5, 0.6) is 0 Å². The minimum absolute atomic E-state index is 0. The summed E-state index contributed by atoms with van der Waals surface area (Å²) in [6.45, 7) is 5.84. The molecule has 0 rings (SSSR count). The van der Waals surface area contributed by atoms with E-state index < -0.39 is 11.9 Å². The fourth-order valence-corrected chi connectivity index (χ4v) is 0.655. The summed E-state index contributed by atoms with van der Waals surface area (Å²) >= 11 is 0. The van der Waals surface area contributed by atoms with Gasteiger partial charge in [0.05, 0.1) is 13.2 Å². The molecule has 0 heterocycles. The Hall–Kier alpha value is -0.770. The van der Waals surface area contributed by atoms with Crippen molar-refractivity contribution in [3.8, 4) is 0 Å². The second-order valence-corrected chi connectivity index (χ2v) is 2.27. The minimum Gasteiger partial charge on any atom is -0.481 e. The first-order chi connectivity index (χ1) is 5.63. The van der Waals surface area contributed by atoms with E-state index in [0.29, 0.717) is 13.2 Å². The van der Waals surface area contributed by atoms with Crippen molar-refractivity contribution in [1.29, 1.82) is 5.41 Å². The molecule has 5 heteroatoms. The van der Waals surface area contributed by atoms with Gasteiger partial charge in [-0.05, 0) is 20.8 Å². The van der Waals surface area contributed by atoms with Gasteiger partial charge in [-0.3, -0.25) is 10.2 Å². The molecule has 1 N–H and O–H groups in total. The lowest BCUT2D eigenvalue weighted by molar-refractivity contribution is -0.145. The lowest BCUT2D eigenvalue weighted by atomic mass is 10.2. The summed E-state index contributed by atoms with van der Waals surface area (Å²) in [6, 6.07) is 0. The van der Waals surface area contributed by atoms with Crippen LogP contribution < -0.4 is 0 Å². The average Bonchev–Trinajstić information content (AvgIpc) is 2.04. The molecule has 0 aliphatic rings. The van der Waals surface area contributed by atoms with Gasteiger partial charge in [0.25, 0.3) is 0 Å². The number of hydrogen-bond donors (Lipinski definition) is 1.